The summed E-state index contributed by atoms with van der Waals surface area (Å²) in [6, 6.07) is 6.19. The molecule has 0 spiro atoms. The summed E-state index contributed by atoms with van der Waals surface area (Å²) in [4.78, 5) is 6.88. The molecular weight excluding hydrogens is 431 g/mol. The summed E-state index contributed by atoms with van der Waals surface area (Å²) in [6.45, 7) is 8.97. The zero-order valence-corrected chi connectivity index (χ0v) is 18.4. The third kappa shape index (κ3) is 9.86. The third-order valence-electron chi connectivity index (χ3n) is 3.66. The van der Waals surface area contributed by atoms with Crippen LogP contribution in [0.25, 0.3) is 0 Å². The first kappa shape index (κ1) is 23.9. The average molecular weight is 464 g/mol. The molecule has 0 aliphatic rings. The summed E-state index contributed by atoms with van der Waals surface area (Å²) in [6.07, 6.45) is 0. The Bertz CT molecular complexity index is 512. The Morgan fingerprint density at radius 1 is 1.20 bits per heavy atom. The van der Waals surface area contributed by atoms with Gasteiger partial charge >= 0.3 is 0 Å². The van der Waals surface area contributed by atoms with Crippen molar-refractivity contribution in [2.45, 2.75) is 20.4 Å². The van der Waals surface area contributed by atoms with E-state index >= 15 is 0 Å². The van der Waals surface area contributed by atoms with Crippen molar-refractivity contribution in [2.75, 3.05) is 54.1 Å². The normalized spacial score (nSPS) is 11.2. The number of aryl methyl sites for hydroxylation is 1. The maximum absolute atomic E-state index is 5.44. The molecule has 0 saturated heterocycles. The molecule has 0 aliphatic carbocycles. The zero-order valence-electron chi connectivity index (χ0n) is 16.1. The van der Waals surface area contributed by atoms with E-state index in [2.05, 4.69) is 53.6 Å². The van der Waals surface area contributed by atoms with E-state index in [4.69, 9.17) is 9.47 Å². The van der Waals surface area contributed by atoms with E-state index in [0.29, 0.717) is 6.54 Å². The summed E-state index contributed by atoms with van der Waals surface area (Å²) in [5, 5.41) is 6.64. The maximum atomic E-state index is 5.44. The van der Waals surface area contributed by atoms with Crippen molar-refractivity contribution in [3.63, 3.8) is 0 Å². The van der Waals surface area contributed by atoms with Gasteiger partial charge in [0.25, 0.3) is 0 Å². The van der Waals surface area contributed by atoms with Crippen LogP contribution in [0.1, 0.15) is 18.1 Å². The van der Waals surface area contributed by atoms with Crippen molar-refractivity contribution in [1.29, 1.82) is 0 Å². The lowest BCUT2D eigenvalue weighted by Gasteiger charge is -2.18. The number of nitrogens with zero attached hydrogens (tertiary/aromatic N) is 2. The quantitative estimate of drug-likeness (QED) is 0.316. The van der Waals surface area contributed by atoms with E-state index in [9.17, 15) is 0 Å². The number of hydrogen-bond acceptors (Lipinski definition) is 4. The Morgan fingerprint density at radius 2 is 1.96 bits per heavy atom. The molecule has 6 nitrogen and oxygen atoms in total. The van der Waals surface area contributed by atoms with Crippen molar-refractivity contribution in [1.82, 2.24) is 15.5 Å². The fourth-order valence-electron chi connectivity index (χ4n) is 2.21. The van der Waals surface area contributed by atoms with Crippen LogP contribution in [0.2, 0.25) is 0 Å². The maximum Gasteiger partial charge on any atom is 0.191 e. The Kier molecular flexibility index (Phi) is 13.5. The van der Waals surface area contributed by atoms with Crippen LogP contribution < -0.4 is 15.4 Å². The molecule has 1 aromatic rings. The first-order chi connectivity index (χ1) is 11.6. The molecule has 144 valence electrons. The minimum absolute atomic E-state index is 0. The Hall–Kier alpha value is -1.06. The second kappa shape index (κ2) is 14.1. The monoisotopic (exact) mass is 464 g/mol. The summed E-state index contributed by atoms with van der Waals surface area (Å²) >= 11 is 0. The van der Waals surface area contributed by atoms with Crippen LogP contribution >= 0.6 is 24.0 Å². The van der Waals surface area contributed by atoms with Gasteiger partial charge in [-0.15, -0.1) is 24.0 Å². The number of rotatable bonds is 10. The number of guanidine groups is 1. The molecule has 25 heavy (non-hydrogen) atoms. The lowest BCUT2D eigenvalue weighted by Crippen LogP contribution is -2.41. The fraction of sp³-hybridized carbons (Fsp3) is 0.611. The number of nitrogens with one attached hydrogen (secondary N) is 2. The van der Waals surface area contributed by atoms with E-state index in [0.717, 1.165) is 50.1 Å². The van der Waals surface area contributed by atoms with Gasteiger partial charge in [0.15, 0.2) is 5.96 Å². The molecule has 1 rings (SSSR count). The molecule has 0 amide bonds. The van der Waals surface area contributed by atoms with Gasteiger partial charge in [-0.2, -0.15) is 0 Å². The minimum Gasteiger partial charge on any atom is -0.496 e. The van der Waals surface area contributed by atoms with Crippen molar-refractivity contribution >= 4 is 29.9 Å². The van der Waals surface area contributed by atoms with Crippen LogP contribution in [0.5, 0.6) is 5.75 Å². The van der Waals surface area contributed by atoms with Gasteiger partial charge in [-0.25, -0.2) is 4.99 Å². The van der Waals surface area contributed by atoms with Gasteiger partial charge in [-0.05, 0) is 32.5 Å². The number of benzene rings is 1. The molecule has 1 aromatic carbocycles. The minimum atomic E-state index is 0. The Labute approximate surface area is 169 Å². The molecule has 0 saturated carbocycles. The van der Waals surface area contributed by atoms with Crippen LogP contribution in [-0.2, 0) is 11.3 Å². The molecule has 0 aliphatic heterocycles. The van der Waals surface area contributed by atoms with Crippen LogP contribution in [0.15, 0.2) is 23.2 Å². The van der Waals surface area contributed by atoms with Gasteiger partial charge in [0, 0.05) is 38.9 Å². The topological polar surface area (TPSA) is 58.1 Å². The molecule has 2 N–H and O–H groups in total. The summed E-state index contributed by atoms with van der Waals surface area (Å²) in [5.41, 5.74) is 2.27. The van der Waals surface area contributed by atoms with Gasteiger partial charge in [-0.1, -0.05) is 12.1 Å². The second-order valence-electron chi connectivity index (χ2n) is 5.73. The Morgan fingerprint density at radius 3 is 2.60 bits per heavy atom. The molecular formula is C18H33IN4O2. The summed E-state index contributed by atoms with van der Waals surface area (Å²) in [5.74, 6) is 1.70. The molecule has 0 atom stereocenters. The highest BCUT2D eigenvalue weighted by Crippen LogP contribution is 2.20. The van der Waals surface area contributed by atoms with E-state index < -0.39 is 0 Å². The third-order valence-corrected chi connectivity index (χ3v) is 3.66. The smallest absolute Gasteiger partial charge is 0.191 e. The number of hydrogen-bond donors (Lipinski definition) is 2. The Balaban J connectivity index is 0.00000576. The van der Waals surface area contributed by atoms with Crippen molar-refractivity contribution in [2.24, 2.45) is 4.99 Å². The first-order valence-corrected chi connectivity index (χ1v) is 8.43. The summed E-state index contributed by atoms with van der Waals surface area (Å²) in [7, 11) is 5.50. The highest BCUT2D eigenvalue weighted by Gasteiger charge is 2.04. The summed E-state index contributed by atoms with van der Waals surface area (Å²) < 4.78 is 10.5. The zero-order chi connectivity index (χ0) is 17.8. The van der Waals surface area contributed by atoms with Crippen molar-refractivity contribution in [3.05, 3.63) is 29.3 Å². The van der Waals surface area contributed by atoms with Gasteiger partial charge in [0.1, 0.15) is 5.75 Å². The van der Waals surface area contributed by atoms with Gasteiger partial charge in [0.05, 0.1) is 20.3 Å². The predicted octanol–water partition coefficient (Wildman–Crippen LogP) is 2.25. The van der Waals surface area contributed by atoms with Crippen LogP contribution in [0.4, 0.5) is 0 Å². The van der Waals surface area contributed by atoms with Crippen LogP contribution in [0, 0.1) is 6.92 Å². The van der Waals surface area contributed by atoms with Crippen molar-refractivity contribution in [3.8, 4) is 5.75 Å². The number of methoxy groups -OCH3 is 2. The second-order valence-corrected chi connectivity index (χ2v) is 5.73. The van der Waals surface area contributed by atoms with Gasteiger partial charge < -0.3 is 25.0 Å². The molecule has 0 bridgehead atoms. The molecule has 7 heteroatoms. The highest BCUT2D eigenvalue weighted by molar-refractivity contribution is 14.0. The van der Waals surface area contributed by atoms with E-state index in [1.807, 2.05) is 6.07 Å². The molecule has 0 heterocycles. The first-order valence-electron chi connectivity index (χ1n) is 8.43. The standard InChI is InChI=1S/C18H32N4O2.HI/c1-6-19-18(20-9-10-22(3)11-12-23-4)21-14-16-8-7-15(2)13-17(16)24-5;/h7-8,13H,6,9-12,14H2,1-5H3,(H2,19,20,21);1H. The van der Waals surface area contributed by atoms with E-state index in [1.54, 1.807) is 14.2 Å². The SMILES string of the molecule is CCNC(=NCc1ccc(C)cc1OC)NCCN(C)CCOC.I. The van der Waals surface area contributed by atoms with Crippen LogP contribution in [0.3, 0.4) is 0 Å². The predicted molar refractivity (Wildman–Crippen MR) is 115 cm³/mol. The van der Waals surface area contributed by atoms with Gasteiger partial charge in [0.2, 0.25) is 0 Å². The van der Waals surface area contributed by atoms with E-state index in [-0.39, 0.29) is 24.0 Å². The van der Waals surface area contributed by atoms with Crippen molar-refractivity contribution < 1.29 is 9.47 Å². The number of ether oxygens (including phenoxy) is 2. The number of likely N-dealkylation sites (N-methyl/N-ethyl adjacent to an activating group) is 1. The molecule has 0 aromatic heterocycles. The number of halogens is 1. The lowest BCUT2D eigenvalue weighted by atomic mass is 10.1. The molecule has 0 radical (unpaired) electrons. The van der Waals surface area contributed by atoms with E-state index in [1.165, 1.54) is 5.56 Å². The highest BCUT2D eigenvalue weighted by atomic mass is 127. The fourth-order valence-corrected chi connectivity index (χ4v) is 2.21. The molecule has 0 unspecified atom stereocenters. The average Bonchev–Trinajstić information content (AvgIpc) is 2.58. The van der Waals surface area contributed by atoms with Gasteiger partial charge in [-0.3, -0.25) is 0 Å². The molecule has 0 fully saturated rings. The van der Waals surface area contributed by atoms with Crippen LogP contribution in [-0.4, -0.2) is 64.9 Å². The largest absolute Gasteiger partial charge is 0.496 e. The number of aliphatic imine (C=N–C) groups is 1. The lowest BCUT2D eigenvalue weighted by molar-refractivity contribution is 0.162.